The van der Waals surface area contributed by atoms with Gasteiger partial charge in [0.2, 0.25) is 0 Å². The number of rotatable bonds is 4. The zero-order chi connectivity index (χ0) is 19.5. The number of carbonyl (C=O) groups is 1. The SMILES string of the molecule is Cn1cc(C(=O)NC2CCC(n3nc(-c4ccncc4)ccc3=O)CC2)nn1. The van der Waals surface area contributed by atoms with E-state index in [4.69, 9.17) is 0 Å². The number of nitrogens with one attached hydrogen (secondary N) is 1. The summed E-state index contributed by atoms with van der Waals surface area (Å²) >= 11 is 0. The maximum absolute atomic E-state index is 12.3. The third-order valence-electron chi connectivity index (χ3n) is 5.01. The van der Waals surface area contributed by atoms with E-state index in [-0.39, 0.29) is 23.6 Å². The van der Waals surface area contributed by atoms with Gasteiger partial charge in [-0.25, -0.2) is 4.68 Å². The van der Waals surface area contributed by atoms with E-state index in [1.54, 1.807) is 42.5 Å². The average molecular weight is 379 g/mol. The van der Waals surface area contributed by atoms with Crippen molar-refractivity contribution in [3.05, 3.63) is 58.9 Å². The van der Waals surface area contributed by atoms with Crippen molar-refractivity contribution in [2.45, 2.75) is 37.8 Å². The molecule has 0 aliphatic heterocycles. The summed E-state index contributed by atoms with van der Waals surface area (Å²) in [5, 5.41) is 15.2. The molecule has 1 N–H and O–H groups in total. The lowest BCUT2D eigenvalue weighted by Crippen LogP contribution is -2.39. The van der Waals surface area contributed by atoms with Crippen LogP contribution in [0, 0.1) is 0 Å². The van der Waals surface area contributed by atoms with Crippen LogP contribution >= 0.6 is 0 Å². The summed E-state index contributed by atoms with van der Waals surface area (Å²) in [4.78, 5) is 28.6. The highest BCUT2D eigenvalue weighted by Crippen LogP contribution is 2.27. The van der Waals surface area contributed by atoms with Gasteiger partial charge in [-0.15, -0.1) is 5.10 Å². The van der Waals surface area contributed by atoms with Gasteiger partial charge in [-0.05, 0) is 43.9 Å². The molecule has 9 nitrogen and oxygen atoms in total. The monoisotopic (exact) mass is 379 g/mol. The van der Waals surface area contributed by atoms with Gasteiger partial charge < -0.3 is 5.32 Å². The molecule has 1 fully saturated rings. The van der Waals surface area contributed by atoms with Gasteiger partial charge in [0.25, 0.3) is 11.5 Å². The lowest BCUT2D eigenvalue weighted by atomic mass is 9.91. The molecule has 3 aromatic rings. The van der Waals surface area contributed by atoms with E-state index in [0.717, 1.165) is 36.9 Å². The first-order valence-corrected chi connectivity index (χ1v) is 9.27. The van der Waals surface area contributed by atoms with Gasteiger partial charge >= 0.3 is 0 Å². The van der Waals surface area contributed by atoms with Crippen molar-refractivity contribution in [2.24, 2.45) is 7.05 Å². The topological polar surface area (TPSA) is 108 Å². The fourth-order valence-corrected chi connectivity index (χ4v) is 3.54. The fourth-order valence-electron chi connectivity index (χ4n) is 3.54. The second-order valence-corrected chi connectivity index (χ2v) is 6.99. The second kappa shape index (κ2) is 7.71. The van der Waals surface area contributed by atoms with Crippen LogP contribution in [0.15, 0.2) is 47.7 Å². The predicted molar refractivity (Wildman–Crippen MR) is 101 cm³/mol. The Morgan fingerprint density at radius 3 is 2.54 bits per heavy atom. The standard InChI is InChI=1S/C19H21N7O2/c1-25-12-17(22-24-25)19(28)21-14-2-4-15(5-3-14)26-18(27)7-6-16(23-26)13-8-10-20-11-9-13/h6-12,14-15H,2-5H2,1H3,(H,21,28). The van der Waals surface area contributed by atoms with Crippen molar-refractivity contribution < 1.29 is 4.79 Å². The highest BCUT2D eigenvalue weighted by Gasteiger charge is 2.26. The third-order valence-corrected chi connectivity index (χ3v) is 5.01. The third kappa shape index (κ3) is 3.83. The molecular formula is C19H21N7O2. The summed E-state index contributed by atoms with van der Waals surface area (Å²) in [5.41, 5.74) is 1.88. The molecule has 0 saturated heterocycles. The molecule has 0 bridgehead atoms. The van der Waals surface area contributed by atoms with Crippen LogP contribution in [0.25, 0.3) is 11.3 Å². The Bertz CT molecular complexity index is 1020. The van der Waals surface area contributed by atoms with E-state index < -0.39 is 0 Å². The van der Waals surface area contributed by atoms with E-state index in [9.17, 15) is 9.59 Å². The molecule has 0 radical (unpaired) electrons. The van der Waals surface area contributed by atoms with Crippen LogP contribution < -0.4 is 10.9 Å². The number of pyridine rings is 1. The van der Waals surface area contributed by atoms with E-state index in [1.807, 2.05) is 12.1 Å². The van der Waals surface area contributed by atoms with Gasteiger partial charge in [0.15, 0.2) is 5.69 Å². The Hall–Kier alpha value is -3.36. The molecule has 9 heteroatoms. The molecule has 3 aromatic heterocycles. The largest absolute Gasteiger partial charge is 0.348 e. The Balaban J connectivity index is 1.42. The van der Waals surface area contributed by atoms with E-state index in [1.165, 1.54) is 4.68 Å². The van der Waals surface area contributed by atoms with E-state index >= 15 is 0 Å². The zero-order valence-corrected chi connectivity index (χ0v) is 15.5. The molecule has 1 aliphatic rings. The molecule has 144 valence electrons. The van der Waals surface area contributed by atoms with Gasteiger partial charge in [0, 0.05) is 37.1 Å². The van der Waals surface area contributed by atoms with Gasteiger partial charge in [-0.3, -0.25) is 19.3 Å². The van der Waals surface area contributed by atoms with E-state index in [0.29, 0.717) is 5.69 Å². The number of nitrogens with zero attached hydrogens (tertiary/aromatic N) is 6. The average Bonchev–Trinajstić information content (AvgIpc) is 3.16. The van der Waals surface area contributed by atoms with Crippen molar-refractivity contribution in [1.82, 2.24) is 35.1 Å². The number of aromatic nitrogens is 6. The summed E-state index contributed by atoms with van der Waals surface area (Å²) in [6, 6.07) is 7.13. The van der Waals surface area contributed by atoms with Gasteiger partial charge in [-0.2, -0.15) is 5.10 Å². The molecule has 1 saturated carbocycles. The first kappa shape index (κ1) is 18.0. The molecule has 1 amide bonds. The van der Waals surface area contributed by atoms with Crippen molar-refractivity contribution >= 4 is 5.91 Å². The predicted octanol–water partition coefficient (Wildman–Crippen LogP) is 1.35. The minimum Gasteiger partial charge on any atom is -0.348 e. The summed E-state index contributed by atoms with van der Waals surface area (Å²) in [5.74, 6) is -0.216. The molecule has 1 aliphatic carbocycles. The number of hydrogen-bond acceptors (Lipinski definition) is 6. The minimum absolute atomic E-state index is 0.0268. The van der Waals surface area contributed by atoms with Crippen LogP contribution in [0.1, 0.15) is 42.2 Å². The Morgan fingerprint density at radius 1 is 1.11 bits per heavy atom. The summed E-state index contributed by atoms with van der Waals surface area (Å²) in [6.07, 6.45) is 8.12. The number of aryl methyl sites for hydroxylation is 1. The summed E-state index contributed by atoms with van der Waals surface area (Å²) in [7, 11) is 1.72. The van der Waals surface area contributed by atoms with Crippen molar-refractivity contribution in [3.8, 4) is 11.3 Å². The normalized spacial score (nSPS) is 19.3. The lowest BCUT2D eigenvalue weighted by Gasteiger charge is -2.29. The second-order valence-electron chi connectivity index (χ2n) is 6.99. The Kier molecular flexibility index (Phi) is 4.96. The van der Waals surface area contributed by atoms with Crippen molar-refractivity contribution in [3.63, 3.8) is 0 Å². The smallest absolute Gasteiger partial charge is 0.273 e. The highest BCUT2D eigenvalue weighted by atomic mass is 16.2. The molecule has 28 heavy (non-hydrogen) atoms. The van der Waals surface area contributed by atoms with Gasteiger partial charge in [0.05, 0.1) is 17.9 Å². The van der Waals surface area contributed by atoms with Crippen LogP contribution in [0.4, 0.5) is 0 Å². The maximum atomic E-state index is 12.3. The molecule has 3 heterocycles. The number of amides is 1. The number of carbonyl (C=O) groups excluding carboxylic acids is 1. The quantitative estimate of drug-likeness (QED) is 0.733. The van der Waals surface area contributed by atoms with Gasteiger partial charge in [-0.1, -0.05) is 5.21 Å². The molecule has 0 spiro atoms. The molecule has 0 atom stereocenters. The zero-order valence-electron chi connectivity index (χ0n) is 15.5. The molecular weight excluding hydrogens is 358 g/mol. The summed E-state index contributed by atoms with van der Waals surface area (Å²) < 4.78 is 3.08. The fraction of sp³-hybridized carbons (Fsp3) is 0.368. The molecule has 4 rings (SSSR count). The Labute approximate surface area is 161 Å². The number of hydrogen-bond donors (Lipinski definition) is 1. The van der Waals surface area contributed by atoms with Crippen LogP contribution in [0.2, 0.25) is 0 Å². The molecule has 0 aromatic carbocycles. The summed E-state index contributed by atoms with van der Waals surface area (Å²) in [6.45, 7) is 0. The van der Waals surface area contributed by atoms with Crippen LogP contribution in [-0.2, 0) is 7.05 Å². The van der Waals surface area contributed by atoms with Crippen LogP contribution in [0.5, 0.6) is 0 Å². The van der Waals surface area contributed by atoms with Crippen LogP contribution in [-0.4, -0.2) is 41.7 Å². The van der Waals surface area contributed by atoms with Crippen molar-refractivity contribution in [1.29, 1.82) is 0 Å². The maximum Gasteiger partial charge on any atom is 0.273 e. The highest BCUT2D eigenvalue weighted by molar-refractivity contribution is 5.92. The molecule has 0 unspecified atom stereocenters. The van der Waals surface area contributed by atoms with E-state index in [2.05, 4.69) is 25.7 Å². The first-order valence-electron chi connectivity index (χ1n) is 9.27. The Morgan fingerprint density at radius 2 is 1.86 bits per heavy atom. The lowest BCUT2D eigenvalue weighted by molar-refractivity contribution is 0.0916. The first-order chi connectivity index (χ1) is 13.6. The van der Waals surface area contributed by atoms with Crippen molar-refractivity contribution in [2.75, 3.05) is 0 Å². The van der Waals surface area contributed by atoms with Crippen LogP contribution in [0.3, 0.4) is 0 Å². The van der Waals surface area contributed by atoms with Gasteiger partial charge in [0.1, 0.15) is 0 Å². The minimum atomic E-state index is -0.216.